The van der Waals surface area contributed by atoms with Crippen molar-refractivity contribution in [3.05, 3.63) is 83.2 Å². The van der Waals surface area contributed by atoms with Crippen LogP contribution >= 0.6 is 0 Å². The Kier molecular flexibility index (Phi) is 6.07. The Morgan fingerprint density at radius 3 is 2.00 bits per heavy atom. The molecule has 1 unspecified atom stereocenters. The van der Waals surface area contributed by atoms with Crippen molar-refractivity contribution in [3.63, 3.8) is 0 Å². The van der Waals surface area contributed by atoms with Gasteiger partial charge < -0.3 is 9.80 Å². The zero-order valence-electron chi connectivity index (χ0n) is 18.3. The molecular weight excluding hydrogens is 424 g/mol. The minimum Gasteiger partial charge on any atom is -0.325 e. The topological polar surface area (TPSA) is 65.1 Å². The van der Waals surface area contributed by atoms with Gasteiger partial charge in [-0.1, -0.05) is 29.5 Å². The van der Waals surface area contributed by atoms with E-state index in [1.807, 2.05) is 34.1 Å². The highest BCUT2D eigenvalue weighted by atomic mass is 19.1. The number of halogens is 2. The van der Waals surface area contributed by atoms with Crippen LogP contribution in [0.1, 0.15) is 47.9 Å². The molecule has 1 aromatic heterocycles. The molecule has 0 spiro atoms. The molecule has 2 aliphatic heterocycles. The Morgan fingerprint density at radius 2 is 1.45 bits per heavy atom. The molecule has 2 amide bonds. The molecule has 3 heterocycles. The summed E-state index contributed by atoms with van der Waals surface area (Å²) in [6, 6.07) is 13.2. The van der Waals surface area contributed by atoms with Gasteiger partial charge >= 0.3 is 6.03 Å². The van der Waals surface area contributed by atoms with Crippen LogP contribution in [0.15, 0.2) is 54.7 Å². The van der Waals surface area contributed by atoms with Gasteiger partial charge in [0.05, 0.1) is 11.9 Å². The normalized spacial score (nSPS) is 19.4. The fraction of sp³-hybridized carbons (Fsp3) is 0.400. The number of benzene rings is 2. The lowest BCUT2D eigenvalue weighted by molar-refractivity contribution is 0.137. The van der Waals surface area contributed by atoms with Crippen LogP contribution in [0.2, 0.25) is 0 Å². The van der Waals surface area contributed by atoms with Crippen molar-refractivity contribution in [2.24, 2.45) is 5.92 Å². The lowest BCUT2D eigenvalue weighted by atomic mass is 9.76. The van der Waals surface area contributed by atoms with Gasteiger partial charge in [-0.05, 0) is 60.6 Å². The van der Waals surface area contributed by atoms with Gasteiger partial charge in [-0.2, -0.15) is 0 Å². The van der Waals surface area contributed by atoms with Crippen LogP contribution in [-0.4, -0.2) is 57.4 Å². The maximum Gasteiger partial charge on any atom is 0.320 e. The standard InChI is InChI=1S/C25H27F2N5O/c26-21-5-1-17(2-6-21)24(18-3-7-22(27)8-4-18)19-9-12-31(13-10-19)25(33)32-14-11-20(16-32)23-15-28-30-29-23/h1-8,15,19-20,24H,9-14,16H2,(H,28,29,30). The summed E-state index contributed by atoms with van der Waals surface area (Å²) in [6.45, 7) is 2.76. The summed E-state index contributed by atoms with van der Waals surface area (Å²) >= 11 is 0. The van der Waals surface area contributed by atoms with Crippen LogP contribution in [0.3, 0.4) is 0 Å². The molecule has 3 aromatic rings. The van der Waals surface area contributed by atoms with E-state index in [-0.39, 0.29) is 35.4 Å². The second-order valence-electron chi connectivity index (χ2n) is 9.03. The van der Waals surface area contributed by atoms with Gasteiger partial charge in [0.1, 0.15) is 11.6 Å². The molecule has 8 heteroatoms. The summed E-state index contributed by atoms with van der Waals surface area (Å²) in [5.74, 6) is 0.0291. The van der Waals surface area contributed by atoms with Gasteiger partial charge in [-0.3, -0.25) is 5.10 Å². The molecule has 0 radical (unpaired) electrons. The third kappa shape index (κ3) is 4.60. The summed E-state index contributed by atoms with van der Waals surface area (Å²) in [4.78, 5) is 17.0. The molecule has 2 aliphatic rings. The number of hydrogen-bond acceptors (Lipinski definition) is 3. The van der Waals surface area contributed by atoms with Gasteiger partial charge in [0.25, 0.3) is 0 Å². The third-order valence-electron chi connectivity index (χ3n) is 7.07. The number of hydrogen-bond donors (Lipinski definition) is 1. The van der Waals surface area contributed by atoms with Crippen molar-refractivity contribution < 1.29 is 13.6 Å². The van der Waals surface area contributed by atoms with Crippen molar-refractivity contribution in [1.82, 2.24) is 25.2 Å². The van der Waals surface area contributed by atoms with E-state index in [0.717, 1.165) is 42.6 Å². The molecule has 172 valence electrons. The van der Waals surface area contributed by atoms with Gasteiger partial charge in [0, 0.05) is 38.0 Å². The third-order valence-corrected chi connectivity index (χ3v) is 7.07. The van der Waals surface area contributed by atoms with E-state index in [4.69, 9.17) is 0 Å². The van der Waals surface area contributed by atoms with Gasteiger partial charge in [0.2, 0.25) is 0 Å². The van der Waals surface area contributed by atoms with Gasteiger partial charge in [-0.25, -0.2) is 13.6 Å². The van der Waals surface area contributed by atoms with Crippen molar-refractivity contribution in [2.75, 3.05) is 26.2 Å². The van der Waals surface area contributed by atoms with Crippen molar-refractivity contribution in [3.8, 4) is 0 Å². The SMILES string of the molecule is O=C(N1CCC(C(c2ccc(F)cc2)c2ccc(F)cc2)CC1)N1CCC(c2cnn[nH]2)C1. The molecule has 0 aliphatic carbocycles. The predicted octanol–water partition coefficient (Wildman–Crippen LogP) is 4.54. The zero-order valence-corrected chi connectivity index (χ0v) is 18.3. The van der Waals surface area contributed by atoms with Crippen molar-refractivity contribution in [2.45, 2.75) is 31.1 Å². The number of rotatable bonds is 4. The number of aromatic nitrogens is 3. The van der Waals surface area contributed by atoms with E-state index in [9.17, 15) is 13.6 Å². The molecule has 33 heavy (non-hydrogen) atoms. The van der Waals surface area contributed by atoms with Gasteiger partial charge in [0.15, 0.2) is 0 Å². The second-order valence-corrected chi connectivity index (χ2v) is 9.03. The average molecular weight is 452 g/mol. The highest BCUT2D eigenvalue weighted by molar-refractivity contribution is 5.75. The summed E-state index contributed by atoms with van der Waals surface area (Å²) in [6.07, 6.45) is 4.32. The zero-order chi connectivity index (χ0) is 22.8. The molecule has 6 nitrogen and oxygen atoms in total. The Balaban J connectivity index is 1.26. The van der Waals surface area contributed by atoms with E-state index in [1.165, 1.54) is 24.3 Å². The number of carbonyl (C=O) groups excluding carboxylic acids is 1. The van der Waals surface area contributed by atoms with E-state index in [0.29, 0.717) is 19.6 Å². The van der Waals surface area contributed by atoms with Crippen LogP contribution in [0.5, 0.6) is 0 Å². The predicted molar refractivity (Wildman–Crippen MR) is 120 cm³/mol. The minimum atomic E-state index is -0.271. The first-order chi connectivity index (χ1) is 16.1. The monoisotopic (exact) mass is 451 g/mol. The largest absolute Gasteiger partial charge is 0.325 e. The summed E-state index contributed by atoms with van der Waals surface area (Å²) in [7, 11) is 0. The summed E-state index contributed by atoms with van der Waals surface area (Å²) < 4.78 is 27.1. The van der Waals surface area contributed by atoms with Crippen LogP contribution in [0.25, 0.3) is 0 Å². The highest BCUT2D eigenvalue weighted by Crippen LogP contribution is 2.38. The van der Waals surface area contributed by atoms with Crippen LogP contribution < -0.4 is 0 Å². The molecule has 1 N–H and O–H groups in total. The van der Waals surface area contributed by atoms with E-state index < -0.39 is 0 Å². The number of nitrogens with zero attached hydrogens (tertiary/aromatic N) is 4. The first-order valence-corrected chi connectivity index (χ1v) is 11.5. The molecule has 5 rings (SSSR count). The number of urea groups is 1. The smallest absolute Gasteiger partial charge is 0.320 e. The number of likely N-dealkylation sites (tertiary alicyclic amines) is 2. The molecule has 2 aromatic carbocycles. The number of H-pyrrole nitrogens is 1. The Bertz CT molecular complexity index is 1020. The number of piperidine rings is 1. The Morgan fingerprint density at radius 1 is 0.879 bits per heavy atom. The Labute approximate surface area is 191 Å². The number of carbonyl (C=O) groups is 1. The maximum absolute atomic E-state index is 13.5. The molecular formula is C25H27F2N5O. The number of amides is 2. The van der Waals surface area contributed by atoms with E-state index >= 15 is 0 Å². The average Bonchev–Trinajstić information content (AvgIpc) is 3.54. The lowest BCUT2D eigenvalue weighted by Gasteiger charge is -2.38. The van der Waals surface area contributed by atoms with Crippen molar-refractivity contribution >= 4 is 6.03 Å². The highest BCUT2D eigenvalue weighted by Gasteiger charge is 2.35. The molecule has 0 saturated carbocycles. The number of aromatic amines is 1. The fourth-order valence-electron chi connectivity index (χ4n) is 5.29. The minimum absolute atomic E-state index is 0.0347. The second kappa shape index (κ2) is 9.29. The van der Waals surface area contributed by atoms with Crippen LogP contribution in [-0.2, 0) is 0 Å². The summed E-state index contributed by atoms with van der Waals surface area (Å²) in [5.41, 5.74) is 3.01. The van der Waals surface area contributed by atoms with Crippen molar-refractivity contribution in [1.29, 1.82) is 0 Å². The maximum atomic E-state index is 13.5. The van der Waals surface area contributed by atoms with E-state index in [2.05, 4.69) is 15.4 Å². The molecule has 0 bridgehead atoms. The first-order valence-electron chi connectivity index (χ1n) is 11.5. The van der Waals surface area contributed by atoms with Gasteiger partial charge in [-0.15, -0.1) is 5.10 Å². The molecule has 2 saturated heterocycles. The quantitative estimate of drug-likeness (QED) is 0.634. The van der Waals surface area contributed by atoms with Crippen LogP contribution in [0, 0.1) is 17.6 Å². The first kappa shape index (κ1) is 21.6. The van der Waals surface area contributed by atoms with Crippen LogP contribution in [0.4, 0.5) is 13.6 Å². The number of nitrogens with one attached hydrogen (secondary N) is 1. The molecule has 1 atom stereocenters. The lowest BCUT2D eigenvalue weighted by Crippen LogP contribution is -2.46. The molecule has 2 fully saturated rings. The fourth-order valence-corrected chi connectivity index (χ4v) is 5.29. The van der Waals surface area contributed by atoms with E-state index in [1.54, 1.807) is 6.20 Å². The Hall–Kier alpha value is -3.29. The summed E-state index contributed by atoms with van der Waals surface area (Å²) in [5, 5.41) is 10.5.